The molecule has 0 amide bonds. The molecule has 1 aliphatic carbocycles. The van der Waals surface area contributed by atoms with E-state index in [4.69, 9.17) is 10.00 Å². The molecule has 5 nitrogen and oxygen atoms in total. The second-order valence-corrected chi connectivity index (χ2v) is 10.4. The minimum atomic E-state index is -4.06. The predicted octanol–water partition coefficient (Wildman–Crippen LogP) is 5.75. The maximum absolute atomic E-state index is 14.9. The summed E-state index contributed by atoms with van der Waals surface area (Å²) in [7, 11) is -4.06. The number of aromatic nitrogens is 1. The highest BCUT2D eigenvalue weighted by molar-refractivity contribution is 8.02. The molecule has 0 radical (unpaired) electrons. The van der Waals surface area contributed by atoms with Gasteiger partial charge in [0.05, 0.1) is 17.1 Å². The molecule has 3 aromatic rings. The van der Waals surface area contributed by atoms with Crippen LogP contribution in [0.15, 0.2) is 77.6 Å². The van der Waals surface area contributed by atoms with Crippen molar-refractivity contribution in [1.29, 1.82) is 5.26 Å². The van der Waals surface area contributed by atoms with Crippen LogP contribution in [0.3, 0.4) is 0 Å². The maximum Gasteiger partial charge on any atom is 0.251 e. The molecule has 4 rings (SSSR count). The van der Waals surface area contributed by atoms with Crippen molar-refractivity contribution < 1.29 is 17.5 Å². The number of thioether (sulfide) groups is 1. The molecule has 0 fully saturated rings. The minimum absolute atomic E-state index is 0.0595. The zero-order valence-electron chi connectivity index (χ0n) is 16.9. The molecule has 0 aliphatic heterocycles. The number of allylic oxidation sites excluding steroid dienone is 2. The summed E-state index contributed by atoms with van der Waals surface area (Å²) in [6.07, 6.45) is 6.36. The normalized spacial score (nSPS) is 18.9. The zero-order valence-corrected chi connectivity index (χ0v) is 18.5. The van der Waals surface area contributed by atoms with Crippen LogP contribution in [0.2, 0.25) is 0 Å². The van der Waals surface area contributed by atoms with Crippen molar-refractivity contribution >= 4 is 32.7 Å². The highest BCUT2D eigenvalue weighted by atomic mass is 32.2. The molecule has 0 saturated heterocycles. The Balaban J connectivity index is 1.69. The molecular weight excluding hydrogens is 435 g/mol. The third-order valence-electron chi connectivity index (χ3n) is 5.36. The topological polar surface area (TPSA) is 72.1 Å². The smallest absolute Gasteiger partial charge is 0.251 e. The molecule has 1 atom stereocenters. The van der Waals surface area contributed by atoms with Crippen LogP contribution in [-0.2, 0) is 10.0 Å². The van der Waals surface area contributed by atoms with Gasteiger partial charge in [-0.1, -0.05) is 12.1 Å². The van der Waals surface area contributed by atoms with Crippen LogP contribution in [-0.4, -0.2) is 23.4 Å². The molecule has 31 heavy (non-hydrogen) atoms. The van der Waals surface area contributed by atoms with E-state index in [1.807, 2.05) is 6.26 Å². The Kier molecular flexibility index (Phi) is 5.42. The average Bonchev–Trinajstić information content (AvgIpc) is 3.19. The van der Waals surface area contributed by atoms with E-state index < -0.39 is 20.6 Å². The van der Waals surface area contributed by atoms with E-state index in [9.17, 15) is 12.8 Å². The largest absolute Gasteiger partial charge is 0.457 e. The molecule has 158 valence electrons. The molecule has 1 unspecified atom stereocenters. The van der Waals surface area contributed by atoms with E-state index in [0.29, 0.717) is 32.9 Å². The van der Waals surface area contributed by atoms with Crippen molar-refractivity contribution in [2.45, 2.75) is 18.1 Å². The Morgan fingerprint density at radius 1 is 1.19 bits per heavy atom. The molecule has 8 heteroatoms. The number of hydrogen-bond donors (Lipinski definition) is 0. The van der Waals surface area contributed by atoms with Gasteiger partial charge in [0.2, 0.25) is 0 Å². The van der Waals surface area contributed by atoms with Crippen molar-refractivity contribution in [3.63, 3.8) is 0 Å². The molecule has 0 saturated carbocycles. The van der Waals surface area contributed by atoms with Crippen LogP contribution in [0.25, 0.3) is 10.9 Å². The van der Waals surface area contributed by atoms with E-state index >= 15 is 0 Å². The fourth-order valence-electron chi connectivity index (χ4n) is 3.45. The first-order valence-corrected chi connectivity index (χ1v) is 12.1. The summed E-state index contributed by atoms with van der Waals surface area (Å²) in [5.74, 6) is 0.336. The lowest BCUT2D eigenvalue weighted by Crippen LogP contribution is -2.40. The second kappa shape index (κ2) is 7.91. The van der Waals surface area contributed by atoms with Gasteiger partial charge >= 0.3 is 0 Å². The summed E-state index contributed by atoms with van der Waals surface area (Å²) >= 11 is 1.38. The first-order chi connectivity index (χ1) is 14.8. The number of ether oxygens (including phenoxy) is 1. The van der Waals surface area contributed by atoms with Gasteiger partial charge in [-0.25, -0.2) is 16.8 Å². The summed E-state index contributed by atoms with van der Waals surface area (Å²) in [4.78, 5) is 0.713. The molecule has 0 bridgehead atoms. The first kappa shape index (κ1) is 21.2. The fourth-order valence-corrected chi connectivity index (χ4v) is 5.60. The standard InChI is InChI=1S/C23H19FN2O3S2/c1-23(10-8-20(30-2)14-22(23)24)31(27,28)26-11-9-17-13-19(6-7-21(17)26)29-18-5-3-4-16(12-18)15-25/h3-9,11-14H,10H2,1-2H3. The van der Waals surface area contributed by atoms with Gasteiger partial charge in [-0.15, -0.1) is 11.8 Å². The van der Waals surface area contributed by atoms with Gasteiger partial charge in [-0.05, 0) is 68.1 Å². The quantitative estimate of drug-likeness (QED) is 0.491. The number of nitriles is 1. The molecule has 1 aliphatic rings. The lowest BCUT2D eigenvalue weighted by atomic mass is 10.0. The Morgan fingerprint density at radius 3 is 2.68 bits per heavy atom. The molecule has 0 N–H and O–H groups in total. The SMILES string of the molecule is CSC1=CCC(C)(S(=O)(=O)n2ccc3cc(Oc4cccc(C#N)c4)ccc32)C(F)=C1. The second-order valence-electron chi connectivity index (χ2n) is 7.32. The number of halogens is 1. The van der Waals surface area contributed by atoms with Gasteiger partial charge in [-0.3, -0.25) is 0 Å². The van der Waals surface area contributed by atoms with E-state index in [0.717, 1.165) is 3.97 Å². The Hall–Kier alpha value is -3.02. The summed E-state index contributed by atoms with van der Waals surface area (Å²) in [5.41, 5.74) is 0.914. The maximum atomic E-state index is 14.9. The third kappa shape index (κ3) is 3.64. The Morgan fingerprint density at radius 2 is 1.97 bits per heavy atom. The minimum Gasteiger partial charge on any atom is -0.457 e. The fraction of sp³-hybridized carbons (Fsp3) is 0.174. The summed E-state index contributed by atoms with van der Waals surface area (Å²) in [6, 6.07) is 15.5. The van der Waals surface area contributed by atoms with Crippen LogP contribution >= 0.6 is 11.8 Å². The first-order valence-electron chi connectivity index (χ1n) is 9.44. The van der Waals surface area contributed by atoms with Crippen molar-refractivity contribution in [1.82, 2.24) is 3.97 Å². The number of rotatable bonds is 5. The van der Waals surface area contributed by atoms with Crippen molar-refractivity contribution in [2.24, 2.45) is 0 Å². The van der Waals surface area contributed by atoms with E-state index in [1.165, 1.54) is 31.0 Å². The summed E-state index contributed by atoms with van der Waals surface area (Å²) < 4.78 is 47.0. The molecule has 1 heterocycles. The number of hydrogen-bond acceptors (Lipinski definition) is 5. The van der Waals surface area contributed by atoms with Crippen LogP contribution in [0, 0.1) is 11.3 Å². The Labute approximate surface area is 184 Å². The van der Waals surface area contributed by atoms with Gasteiger partial charge in [0.25, 0.3) is 10.0 Å². The van der Waals surface area contributed by atoms with E-state index in [-0.39, 0.29) is 6.42 Å². The molecule has 2 aromatic carbocycles. The summed E-state index contributed by atoms with van der Waals surface area (Å²) in [5, 5.41) is 9.66. The van der Waals surface area contributed by atoms with Gasteiger partial charge in [0.15, 0.2) is 0 Å². The van der Waals surface area contributed by atoms with Crippen LogP contribution in [0.4, 0.5) is 4.39 Å². The van der Waals surface area contributed by atoms with E-state index in [1.54, 1.807) is 54.6 Å². The number of nitrogens with zero attached hydrogens (tertiary/aromatic N) is 2. The van der Waals surface area contributed by atoms with Crippen LogP contribution in [0.1, 0.15) is 18.9 Å². The van der Waals surface area contributed by atoms with Crippen molar-refractivity contribution in [2.75, 3.05) is 6.26 Å². The van der Waals surface area contributed by atoms with Crippen molar-refractivity contribution in [3.8, 4) is 17.6 Å². The lowest BCUT2D eigenvalue weighted by Gasteiger charge is -2.30. The van der Waals surface area contributed by atoms with Crippen molar-refractivity contribution in [3.05, 3.63) is 83.2 Å². The van der Waals surface area contributed by atoms with Gasteiger partial charge in [0.1, 0.15) is 22.1 Å². The Bertz CT molecular complexity index is 1380. The monoisotopic (exact) mass is 454 g/mol. The molecule has 0 spiro atoms. The van der Waals surface area contributed by atoms with Gasteiger partial charge < -0.3 is 4.74 Å². The summed E-state index contributed by atoms with van der Waals surface area (Å²) in [6.45, 7) is 1.41. The van der Waals surface area contributed by atoms with Gasteiger partial charge in [0, 0.05) is 16.5 Å². The molecule has 1 aromatic heterocycles. The predicted molar refractivity (Wildman–Crippen MR) is 121 cm³/mol. The number of benzene rings is 2. The van der Waals surface area contributed by atoms with Crippen LogP contribution in [0.5, 0.6) is 11.5 Å². The zero-order chi connectivity index (χ0) is 22.2. The average molecular weight is 455 g/mol. The highest BCUT2D eigenvalue weighted by Crippen LogP contribution is 2.40. The lowest BCUT2D eigenvalue weighted by molar-refractivity contribution is 0.476. The number of fused-ring (bicyclic) bond motifs is 1. The van der Waals surface area contributed by atoms with E-state index in [2.05, 4.69) is 6.07 Å². The van der Waals surface area contributed by atoms with Crippen LogP contribution < -0.4 is 4.74 Å². The van der Waals surface area contributed by atoms with Gasteiger partial charge in [-0.2, -0.15) is 5.26 Å². The third-order valence-corrected chi connectivity index (χ3v) is 8.45. The molecular formula is C23H19FN2O3S2. The highest BCUT2D eigenvalue weighted by Gasteiger charge is 2.46.